The largest absolute Gasteiger partial charge is 0.384 e. The molecule has 0 atom stereocenters. The molecule has 3 aromatic rings. The highest BCUT2D eigenvalue weighted by molar-refractivity contribution is 7.13. The van der Waals surface area contributed by atoms with Crippen LogP contribution in [0.4, 0.5) is 5.13 Å². The van der Waals surface area contributed by atoms with Gasteiger partial charge in [-0.25, -0.2) is 4.98 Å². The molecule has 0 fully saturated rings. The highest BCUT2D eigenvalue weighted by Gasteiger charge is 2.08. The van der Waals surface area contributed by atoms with Gasteiger partial charge in [0.1, 0.15) is 5.84 Å². The number of nitrogens with zero attached hydrogens (tertiary/aromatic N) is 1. The average Bonchev–Trinajstić information content (AvgIpc) is 2.99. The number of anilines is 1. The number of nitrogens with one attached hydrogen (secondary N) is 2. The number of rotatable bonds is 3. The minimum atomic E-state index is -0.192. The molecule has 5 nitrogen and oxygen atoms in total. The third kappa shape index (κ3) is 2.75. The van der Waals surface area contributed by atoms with E-state index in [9.17, 15) is 4.79 Å². The number of nitrogens with two attached hydrogens (primary N) is 1. The molecule has 6 heteroatoms. The van der Waals surface area contributed by atoms with Crippen molar-refractivity contribution < 1.29 is 4.79 Å². The van der Waals surface area contributed by atoms with E-state index in [1.807, 2.05) is 24.3 Å². The summed E-state index contributed by atoms with van der Waals surface area (Å²) in [4.78, 5) is 16.2. The molecule has 3 rings (SSSR count). The highest BCUT2D eigenvalue weighted by atomic mass is 32.1. The van der Waals surface area contributed by atoms with E-state index in [-0.39, 0.29) is 11.7 Å². The summed E-state index contributed by atoms with van der Waals surface area (Å²) in [5.74, 6) is -0.162. The van der Waals surface area contributed by atoms with E-state index in [0.717, 1.165) is 10.8 Å². The van der Waals surface area contributed by atoms with Crippen molar-refractivity contribution in [2.45, 2.75) is 0 Å². The topological polar surface area (TPSA) is 91.9 Å². The van der Waals surface area contributed by atoms with Gasteiger partial charge in [-0.3, -0.25) is 15.5 Å². The molecule has 4 N–H and O–H groups in total. The number of benzene rings is 2. The van der Waals surface area contributed by atoms with Crippen LogP contribution in [-0.2, 0) is 0 Å². The third-order valence-corrected chi connectivity index (χ3v) is 3.75. The molecule has 0 spiro atoms. The summed E-state index contributed by atoms with van der Waals surface area (Å²) in [6, 6.07) is 10.9. The first-order valence-corrected chi connectivity index (χ1v) is 7.10. The number of amidine groups is 1. The van der Waals surface area contributed by atoms with Gasteiger partial charge >= 0.3 is 0 Å². The van der Waals surface area contributed by atoms with Gasteiger partial charge in [0.05, 0.1) is 0 Å². The second-order valence-electron chi connectivity index (χ2n) is 4.48. The maximum absolute atomic E-state index is 12.1. The molecular formula is C15H12N4OS. The number of carbonyl (C=O) groups excluding carboxylic acids is 1. The number of hydrogen-bond donors (Lipinski definition) is 3. The standard InChI is InChI=1S/C15H12N4OS/c16-13(17)11-3-1-10-8-12(4-2-9(10)7-11)14(20)19-15-18-5-6-21-15/h1-8H,(H3,16,17)(H,18,19,20). The van der Waals surface area contributed by atoms with E-state index in [1.165, 1.54) is 11.3 Å². The first-order valence-electron chi connectivity index (χ1n) is 6.22. The van der Waals surface area contributed by atoms with Gasteiger partial charge in [0.2, 0.25) is 0 Å². The highest BCUT2D eigenvalue weighted by Crippen LogP contribution is 2.19. The summed E-state index contributed by atoms with van der Waals surface area (Å²) in [5.41, 5.74) is 6.70. The minimum absolute atomic E-state index is 0.0301. The summed E-state index contributed by atoms with van der Waals surface area (Å²) in [6.07, 6.45) is 1.64. The Bertz CT molecular complexity index is 827. The fourth-order valence-electron chi connectivity index (χ4n) is 2.01. The number of carbonyl (C=O) groups is 1. The summed E-state index contributed by atoms with van der Waals surface area (Å²) in [6.45, 7) is 0. The van der Waals surface area contributed by atoms with E-state index in [4.69, 9.17) is 11.1 Å². The molecule has 0 aliphatic rings. The first-order chi connectivity index (χ1) is 10.1. The fraction of sp³-hybridized carbons (Fsp3) is 0. The number of hydrogen-bond acceptors (Lipinski definition) is 4. The molecule has 104 valence electrons. The molecule has 0 saturated carbocycles. The van der Waals surface area contributed by atoms with Crippen LogP contribution in [0.5, 0.6) is 0 Å². The zero-order chi connectivity index (χ0) is 14.8. The van der Waals surface area contributed by atoms with Crippen molar-refractivity contribution >= 4 is 39.0 Å². The Balaban J connectivity index is 1.92. The van der Waals surface area contributed by atoms with Crippen LogP contribution >= 0.6 is 11.3 Å². The van der Waals surface area contributed by atoms with Crippen molar-refractivity contribution in [2.75, 3.05) is 5.32 Å². The minimum Gasteiger partial charge on any atom is -0.384 e. The zero-order valence-corrected chi connectivity index (χ0v) is 11.8. The maximum Gasteiger partial charge on any atom is 0.257 e. The van der Waals surface area contributed by atoms with Gasteiger partial charge in [-0.15, -0.1) is 11.3 Å². The molecule has 1 aromatic heterocycles. The normalized spacial score (nSPS) is 10.5. The molecule has 0 saturated heterocycles. The Morgan fingerprint density at radius 1 is 1.14 bits per heavy atom. The van der Waals surface area contributed by atoms with Crippen molar-refractivity contribution in [3.8, 4) is 0 Å². The lowest BCUT2D eigenvalue weighted by molar-refractivity contribution is 0.102. The van der Waals surface area contributed by atoms with Crippen LogP contribution < -0.4 is 11.1 Å². The van der Waals surface area contributed by atoms with Gasteiger partial charge in [-0.2, -0.15) is 0 Å². The Morgan fingerprint density at radius 3 is 2.43 bits per heavy atom. The van der Waals surface area contributed by atoms with Gasteiger partial charge in [0, 0.05) is 22.7 Å². The Labute approximate surface area is 124 Å². The molecule has 0 aliphatic heterocycles. The van der Waals surface area contributed by atoms with Crippen LogP contribution in [-0.4, -0.2) is 16.7 Å². The monoisotopic (exact) mass is 296 g/mol. The lowest BCUT2D eigenvalue weighted by atomic mass is 10.0. The third-order valence-electron chi connectivity index (χ3n) is 3.07. The Kier molecular flexibility index (Phi) is 3.37. The number of nitrogen functional groups attached to an aromatic ring is 1. The molecular weight excluding hydrogens is 284 g/mol. The van der Waals surface area contributed by atoms with Crippen LogP contribution in [0.25, 0.3) is 10.8 Å². The number of thiazole rings is 1. The smallest absolute Gasteiger partial charge is 0.257 e. The van der Waals surface area contributed by atoms with E-state index < -0.39 is 0 Å². The molecule has 1 heterocycles. The SMILES string of the molecule is N=C(N)c1ccc2cc(C(=O)Nc3nccs3)ccc2c1. The van der Waals surface area contributed by atoms with Gasteiger partial charge in [-0.05, 0) is 29.0 Å². The molecule has 2 aromatic carbocycles. The quantitative estimate of drug-likeness (QED) is 0.512. The molecule has 0 radical (unpaired) electrons. The summed E-state index contributed by atoms with van der Waals surface area (Å²) < 4.78 is 0. The Hall–Kier alpha value is -2.73. The van der Waals surface area contributed by atoms with Crippen LogP contribution in [0, 0.1) is 5.41 Å². The van der Waals surface area contributed by atoms with Crippen molar-refractivity contribution in [3.63, 3.8) is 0 Å². The van der Waals surface area contributed by atoms with Crippen molar-refractivity contribution in [2.24, 2.45) is 5.73 Å². The van der Waals surface area contributed by atoms with E-state index in [0.29, 0.717) is 16.3 Å². The predicted octanol–water partition coefficient (Wildman–Crippen LogP) is 2.83. The molecule has 0 bridgehead atoms. The first kappa shape index (κ1) is 13.3. The lowest BCUT2D eigenvalue weighted by Gasteiger charge is -2.05. The number of amides is 1. The Morgan fingerprint density at radius 2 is 1.81 bits per heavy atom. The van der Waals surface area contributed by atoms with Crippen LogP contribution in [0.15, 0.2) is 48.0 Å². The van der Waals surface area contributed by atoms with Crippen molar-refractivity contribution in [1.29, 1.82) is 5.41 Å². The van der Waals surface area contributed by atoms with Gasteiger partial charge in [-0.1, -0.05) is 18.2 Å². The number of fused-ring (bicyclic) bond motifs is 1. The van der Waals surface area contributed by atoms with Gasteiger partial charge in [0.15, 0.2) is 5.13 Å². The number of aromatic nitrogens is 1. The molecule has 21 heavy (non-hydrogen) atoms. The predicted molar refractivity (Wildman–Crippen MR) is 85.0 cm³/mol. The van der Waals surface area contributed by atoms with Gasteiger partial charge in [0.25, 0.3) is 5.91 Å². The van der Waals surface area contributed by atoms with E-state index in [1.54, 1.807) is 23.7 Å². The fourth-order valence-corrected chi connectivity index (χ4v) is 2.53. The van der Waals surface area contributed by atoms with Crippen LogP contribution in [0.2, 0.25) is 0 Å². The van der Waals surface area contributed by atoms with Crippen LogP contribution in [0.1, 0.15) is 15.9 Å². The van der Waals surface area contributed by atoms with Gasteiger partial charge < -0.3 is 5.73 Å². The van der Waals surface area contributed by atoms with Crippen molar-refractivity contribution in [1.82, 2.24) is 4.98 Å². The summed E-state index contributed by atoms with van der Waals surface area (Å²) in [7, 11) is 0. The summed E-state index contributed by atoms with van der Waals surface area (Å²) in [5, 5.41) is 14.4. The molecule has 0 unspecified atom stereocenters. The average molecular weight is 296 g/mol. The van der Waals surface area contributed by atoms with Crippen molar-refractivity contribution in [3.05, 3.63) is 59.1 Å². The lowest BCUT2D eigenvalue weighted by Crippen LogP contribution is -2.12. The summed E-state index contributed by atoms with van der Waals surface area (Å²) >= 11 is 1.37. The second kappa shape index (κ2) is 5.34. The van der Waals surface area contributed by atoms with E-state index in [2.05, 4.69) is 10.3 Å². The maximum atomic E-state index is 12.1. The van der Waals surface area contributed by atoms with Crippen LogP contribution in [0.3, 0.4) is 0 Å². The zero-order valence-electron chi connectivity index (χ0n) is 11.0. The molecule has 0 aliphatic carbocycles. The molecule has 1 amide bonds. The second-order valence-corrected chi connectivity index (χ2v) is 5.38. The van der Waals surface area contributed by atoms with E-state index >= 15 is 0 Å².